The van der Waals surface area contributed by atoms with Crippen LogP contribution < -0.4 is 5.32 Å². The van der Waals surface area contributed by atoms with Gasteiger partial charge in [0.05, 0.1) is 6.20 Å². The number of carbonyl (C=O) groups is 1. The first-order chi connectivity index (χ1) is 11.3. The highest BCUT2D eigenvalue weighted by Gasteiger charge is 2.41. The number of nitrogens with one attached hydrogen (secondary N) is 1. The molecule has 120 valence electrons. The minimum absolute atomic E-state index is 0.0325. The van der Waals surface area contributed by atoms with Gasteiger partial charge in [-0.1, -0.05) is 41.9 Å². The van der Waals surface area contributed by atoms with Crippen LogP contribution in [0.5, 0.6) is 0 Å². The molecule has 0 unspecified atom stereocenters. The Morgan fingerprint density at radius 3 is 2.87 bits per heavy atom. The lowest BCUT2D eigenvalue weighted by atomic mass is 10.0. The highest BCUT2D eigenvalue weighted by molar-refractivity contribution is 5.91. The van der Waals surface area contributed by atoms with Gasteiger partial charge in [-0.15, -0.1) is 0 Å². The summed E-state index contributed by atoms with van der Waals surface area (Å²) in [5.74, 6) is 0.309. The van der Waals surface area contributed by atoms with E-state index in [9.17, 15) is 4.79 Å². The summed E-state index contributed by atoms with van der Waals surface area (Å²) in [6.07, 6.45) is 5.80. The Bertz CT molecular complexity index is 656. The lowest BCUT2D eigenvalue weighted by molar-refractivity contribution is 0.0635. The molecule has 2 aliphatic rings. The Kier molecular flexibility index (Phi) is 3.87. The molecule has 0 saturated carbocycles. The number of amides is 1. The Morgan fingerprint density at radius 1 is 1.22 bits per heavy atom. The van der Waals surface area contributed by atoms with Crippen molar-refractivity contribution in [3.05, 3.63) is 53.9 Å². The summed E-state index contributed by atoms with van der Waals surface area (Å²) in [5, 5.41) is 7.41. The quantitative estimate of drug-likeness (QED) is 0.926. The van der Waals surface area contributed by atoms with Crippen molar-refractivity contribution in [1.29, 1.82) is 0 Å². The SMILES string of the molecule is O=C(c1ccno1)N1CCCC[C@@H]2N[C@H](c3ccccc3)C[C@H]21. The number of nitrogens with zero attached hydrogens (tertiary/aromatic N) is 2. The van der Waals surface area contributed by atoms with Gasteiger partial charge in [0.2, 0.25) is 5.76 Å². The fraction of sp³-hybridized carbons (Fsp3) is 0.444. The average molecular weight is 311 g/mol. The maximum atomic E-state index is 12.8. The Balaban J connectivity index is 1.58. The van der Waals surface area contributed by atoms with Gasteiger partial charge in [-0.3, -0.25) is 4.79 Å². The second-order valence-electron chi connectivity index (χ2n) is 6.41. The zero-order valence-electron chi connectivity index (χ0n) is 13.0. The smallest absolute Gasteiger partial charge is 0.292 e. The van der Waals surface area contributed by atoms with Crippen molar-refractivity contribution >= 4 is 5.91 Å². The number of benzene rings is 1. The zero-order valence-corrected chi connectivity index (χ0v) is 13.0. The van der Waals surface area contributed by atoms with Crippen LogP contribution in [0.4, 0.5) is 0 Å². The van der Waals surface area contributed by atoms with Gasteiger partial charge >= 0.3 is 0 Å². The summed E-state index contributed by atoms with van der Waals surface area (Å²) in [6.45, 7) is 0.796. The zero-order chi connectivity index (χ0) is 15.6. The number of hydrogen-bond acceptors (Lipinski definition) is 4. The summed E-state index contributed by atoms with van der Waals surface area (Å²) in [5.41, 5.74) is 1.30. The molecule has 3 atom stereocenters. The van der Waals surface area contributed by atoms with Crippen LogP contribution in [0.25, 0.3) is 0 Å². The molecular weight excluding hydrogens is 290 g/mol. The summed E-state index contributed by atoms with van der Waals surface area (Å²) < 4.78 is 5.09. The highest BCUT2D eigenvalue weighted by Crippen LogP contribution is 2.34. The molecule has 1 N–H and O–H groups in total. The minimum Gasteiger partial charge on any atom is -0.351 e. The van der Waals surface area contributed by atoms with Crippen molar-refractivity contribution in [2.24, 2.45) is 0 Å². The number of likely N-dealkylation sites (tertiary alicyclic amines) is 1. The summed E-state index contributed by atoms with van der Waals surface area (Å²) in [7, 11) is 0. The molecule has 1 amide bonds. The molecule has 0 radical (unpaired) electrons. The predicted molar refractivity (Wildman–Crippen MR) is 85.9 cm³/mol. The first-order valence-electron chi connectivity index (χ1n) is 8.35. The molecular formula is C18H21N3O2. The molecule has 0 spiro atoms. The predicted octanol–water partition coefficient (Wildman–Crippen LogP) is 2.77. The van der Waals surface area contributed by atoms with Crippen LogP contribution in [0.1, 0.15) is 47.8 Å². The molecule has 23 heavy (non-hydrogen) atoms. The fourth-order valence-corrected chi connectivity index (χ4v) is 3.91. The number of fused-ring (bicyclic) bond motifs is 1. The molecule has 1 aromatic heterocycles. The van der Waals surface area contributed by atoms with E-state index in [0.717, 1.165) is 32.2 Å². The van der Waals surface area contributed by atoms with E-state index < -0.39 is 0 Å². The first kappa shape index (κ1) is 14.5. The van der Waals surface area contributed by atoms with Gasteiger partial charge in [0, 0.05) is 30.7 Å². The molecule has 2 fully saturated rings. The standard InChI is InChI=1S/C18H21N3O2/c22-18(17-9-10-19-23-17)21-11-5-4-8-14-16(21)12-15(20-14)13-6-2-1-3-7-13/h1-3,6-7,9-10,14-16,20H,4-5,8,11-12H2/t14-,15-,16+/m0/s1. The molecule has 2 aliphatic heterocycles. The van der Waals surface area contributed by atoms with Gasteiger partial charge in [-0.25, -0.2) is 0 Å². The summed E-state index contributed by atoms with van der Waals surface area (Å²) in [6, 6.07) is 13.0. The largest absolute Gasteiger partial charge is 0.351 e. The molecule has 2 aromatic rings. The van der Waals surface area contributed by atoms with Gasteiger partial charge < -0.3 is 14.7 Å². The molecule has 5 heteroatoms. The van der Waals surface area contributed by atoms with Crippen LogP contribution in [0.2, 0.25) is 0 Å². The number of aromatic nitrogens is 1. The van der Waals surface area contributed by atoms with Crippen molar-refractivity contribution in [2.75, 3.05) is 6.54 Å². The van der Waals surface area contributed by atoms with Crippen molar-refractivity contribution in [3.8, 4) is 0 Å². The van der Waals surface area contributed by atoms with Gasteiger partial charge in [0.15, 0.2) is 0 Å². The van der Waals surface area contributed by atoms with E-state index in [4.69, 9.17) is 4.52 Å². The number of hydrogen-bond donors (Lipinski definition) is 1. The second-order valence-corrected chi connectivity index (χ2v) is 6.41. The monoisotopic (exact) mass is 311 g/mol. The molecule has 2 saturated heterocycles. The van der Waals surface area contributed by atoms with E-state index >= 15 is 0 Å². The van der Waals surface area contributed by atoms with Gasteiger partial charge in [0.1, 0.15) is 0 Å². The lowest BCUT2D eigenvalue weighted by Crippen LogP contribution is -2.45. The fourth-order valence-electron chi connectivity index (χ4n) is 3.91. The van der Waals surface area contributed by atoms with E-state index in [0.29, 0.717) is 17.8 Å². The molecule has 0 bridgehead atoms. The van der Waals surface area contributed by atoms with Crippen LogP contribution in [0.15, 0.2) is 47.1 Å². The Hall–Kier alpha value is -2.14. The minimum atomic E-state index is -0.0325. The van der Waals surface area contributed by atoms with E-state index in [1.165, 1.54) is 11.8 Å². The Labute approximate surface area is 135 Å². The summed E-state index contributed by atoms with van der Waals surface area (Å²) in [4.78, 5) is 14.8. The lowest BCUT2D eigenvalue weighted by Gasteiger charge is -2.29. The van der Waals surface area contributed by atoms with Crippen LogP contribution in [-0.4, -0.2) is 34.6 Å². The third kappa shape index (κ3) is 2.77. The normalized spacial score (nSPS) is 27.5. The van der Waals surface area contributed by atoms with Crippen molar-refractivity contribution in [3.63, 3.8) is 0 Å². The number of carbonyl (C=O) groups excluding carboxylic acids is 1. The highest BCUT2D eigenvalue weighted by atomic mass is 16.5. The maximum absolute atomic E-state index is 12.8. The molecule has 1 aromatic carbocycles. The maximum Gasteiger partial charge on any atom is 0.292 e. The van der Waals surface area contributed by atoms with E-state index in [1.807, 2.05) is 11.0 Å². The second kappa shape index (κ2) is 6.16. The van der Waals surface area contributed by atoms with Gasteiger partial charge in [-0.05, 0) is 24.8 Å². The van der Waals surface area contributed by atoms with Gasteiger partial charge in [-0.2, -0.15) is 0 Å². The van der Waals surface area contributed by atoms with Crippen molar-refractivity contribution in [1.82, 2.24) is 15.4 Å². The molecule has 5 nitrogen and oxygen atoms in total. The van der Waals surface area contributed by atoms with Crippen LogP contribution in [0.3, 0.4) is 0 Å². The molecule has 4 rings (SSSR count). The topological polar surface area (TPSA) is 58.4 Å². The number of rotatable bonds is 2. The van der Waals surface area contributed by atoms with Crippen LogP contribution in [0, 0.1) is 0 Å². The molecule has 0 aliphatic carbocycles. The third-order valence-electron chi connectivity index (χ3n) is 5.03. The van der Waals surface area contributed by atoms with Gasteiger partial charge in [0.25, 0.3) is 5.91 Å². The average Bonchev–Trinajstić information content (AvgIpc) is 3.22. The summed E-state index contributed by atoms with van der Waals surface area (Å²) >= 11 is 0. The van der Waals surface area contributed by atoms with Crippen molar-refractivity contribution < 1.29 is 9.32 Å². The molecule has 3 heterocycles. The van der Waals surface area contributed by atoms with Crippen molar-refractivity contribution in [2.45, 2.75) is 43.8 Å². The third-order valence-corrected chi connectivity index (χ3v) is 5.03. The van der Waals surface area contributed by atoms with E-state index in [2.05, 4.69) is 34.7 Å². The van der Waals surface area contributed by atoms with Crippen LogP contribution >= 0.6 is 0 Å². The van der Waals surface area contributed by atoms with E-state index in [1.54, 1.807) is 6.07 Å². The van der Waals surface area contributed by atoms with E-state index in [-0.39, 0.29) is 11.9 Å². The first-order valence-corrected chi connectivity index (χ1v) is 8.35. The Morgan fingerprint density at radius 2 is 2.09 bits per heavy atom. The van der Waals surface area contributed by atoms with Crippen LogP contribution in [-0.2, 0) is 0 Å².